The molecule has 1 aromatic carbocycles. The molecule has 0 amide bonds. The van der Waals surface area contributed by atoms with E-state index in [1.807, 2.05) is 25.1 Å². The maximum absolute atomic E-state index is 11.3. The molecule has 0 atom stereocenters. The number of carboxylic acid groups (broad SMARTS) is 1. The lowest BCUT2D eigenvalue weighted by Crippen LogP contribution is -2.42. The molecule has 0 radical (unpaired) electrons. The topological polar surface area (TPSA) is 53.4 Å². The van der Waals surface area contributed by atoms with E-state index in [0.717, 1.165) is 18.6 Å². The van der Waals surface area contributed by atoms with Crippen LogP contribution in [-0.2, 0) is 4.79 Å². The van der Waals surface area contributed by atoms with Crippen molar-refractivity contribution in [2.45, 2.75) is 19.8 Å². The summed E-state index contributed by atoms with van der Waals surface area (Å²) in [5.74, 6) is -0.679. The third kappa shape index (κ3) is 2.08. The summed E-state index contributed by atoms with van der Waals surface area (Å²) >= 11 is 1.51. The highest BCUT2D eigenvalue weighted by atomic mass is 32.1. The number of anilines is 1. The van der Waals surface area contributed by atoms with E-state index in [-0.39, 0.29) is 0 Å². The summed E-state index contributed by atoms with van der Waals surface area (Å²) in [5.41, 5.74) is 0.450. The first kappa shape index (κ1) is 12.4. The highest BCUT2D eigenvalue weighted by Crippen LogP contribution is 2.37. The first-order chi connectivity index (χ1) is 9.10. The Morgan fingerprint density at radius 2 is 2.05 bits per heavy atom. The Bertz CT molecular complexity index is 615. The summed E-state index contributed by atoms with van der Waals surface area (Å²) < 4.78 is 4.45. The number of hydrogen-bond acceptors (Lipinski definition) is 4. The van der Waals surface area contributed by atoms with Gasteiger partial charge >= 0.3 is 5.97 Å². The van der Waals surface area contributed by atoms with Crippen LogP contribution in [0.25, 0.3) is 10.9 Å². The molecule has 1 aliphatic rings. The van der Waals surface area contributed by atoms with E-state index in [0.29, 0.717) is 12.8 Å². The fourth-order valence-electron chi connectivity index (χ4n) is 2.52. The van der Waals surface area contributed by atoms with Gasteiger partial charge in [-0.15, -0.1) is 0 Å². The molecule has 19 heavy (non-hydrogen) atoms. The largest absolute Gasteiger partial charge is 0.481 e. The van der Waals surface area contributed by atoms with Crippen molar-refractivity contribution in [2.75, 3.05) is 18.0 Å². The number of hydrogen-bond donors (Lipinski definition) is 1. The first-order valence-electron chi connectivity index (χ1n) is 6.43. The number of piperidine rings is 1. The lowest BCUT2D eigenvalue weighted by Gasteiger charge is -2.36. The number of benzene rings is 1. The van der Waals surface area contributed by atoms with Crippen molar-refractivity contribution in [2.24, 2.45) is 5.41 Å². The number of carboxylic acids is 1. The van der Waals surface area contributed by atoms with Crippen LogP contribution in [0.1, 0.15) is 19.8 Å². The molecule has 4 nitrogen and oxygen atoms in total. The zero-order chi connectivity index (χ0) is 13.5. The van der Waals surface area contributed by atoms with E-state index >= 15 is 0 Å². The minimum absolute atomic E-state index is 0.572. The lowest BCUT2D eigenvalue weighted by molar-refractivity contribution is -0.149. The van der Waals surface area contributed by atoms with Gasteiger partial charge in [0.2, 0.25) is 0 Å². The summed E-state index contributed by atoms with van der Waals surface area (Å²) in [7, 11) is 0. The molecule has 2 heterocycles. The predicted octanol–water partition coefficient (Wildman–Crippen LogP) is 2.99. The van der Waals surface area contributed by atoms with E-state index in [2.05, 4.69) is 15.3 Å². The van der Waals surface area contributed by atoms with E-state index in [1.165, 1.54) is 21.9 Å². The second-order valence-electron chi connectivity index (χ2n) is 5.36. The van der Waals surface area contributed by atoms with Gasteiger partial charge in [0, 0.05) is 18.5 Å². The molecule has 0 saturated carbocycles. The number of fused-ring (bicyclic) bond motifs is 1. The van der Waals surface area contributed by atoms with Crippen molar-refractivity contribution in [3.05, 3.63) is 24.3 Å². The monoisotopic (exact) mass is 276 g/mol. The fourth-order valence-corrected chi connectivity index (χ4v) is 3.43. The molecule has 0 aliphatic carbocycles. The summed E-state index contributed by atoms with van der Waals surface area (Å²) in [6.07, 6.45) is 1.38. The zero-order valence-electron chi connectivity index (χ0n) is 10.8. The number of aromatic nitrogens is 1. The van der Waals surface area contributed by atoms with Crippen molar-refractivity contribution in [3.8, 4) is 0 Å². The first-order valence-corrected chi connectivity index (χ1v) is 7.20. The molecule has 0 bridgehead atoms. The van der Waals surface area contributed by atoms with Crippen LogP contribution in [-0.4, -0.2) is 28.5 Å². The van der Waals surface area contributed by atoms with Gasteiger partial charge in [0.15, 0.2) is 0 Å². The Labute approximate surface area is 115 Å². The second-order valence-corrected chi connectivity index (χ2v) is 6.11. The molecule has 1 N–H and O–H groups in total. The van der Waals surface area contributed by atoms with Crippen molar-refractivity contribution >= 4 is 33.4 Å². The Morgan fingerprint density at radius 3 is 2.74 bits per heavy atom. The van der Waals surface area contributed by atoms with Crippen molar-refractivity contribution in [1.82, 2.24) is 4.37 Å². The standard InChI is InChI=1S/C14H16N2O2S/c1-14(13(17)18)6-8-16(9-7-14)12-10-4-2-3-5-11(10)15-19-12/h2-5H,6-9H2,1H3,(H,17,18). The summed E-state index contributed by atoms with van der Waals surface area (Å²) in [6, 6.07) is 8.11. The van der Waals surface area contributed by atoms with Gasteiger partial charge in [-0.2, -0.15) is 4.37 Å². The molecule has 0 spiro atoms. The summed E-state index contributed by atoms with van der Waals surface area (Å²) in [4.78, 5) is 13.5. The molecule has 1 saturated heterocycles. The van der Waals surface area contributed by atoms with Crippen molar-refractivity contribution < 1.29 is 9.90 Å². The molecule has 2 aromatic rings. The number of carbonyl (C=O) groups is 1. The Morgan fingerprint density at radius 1 is 1.37 bits per heavy atom. The van der Waals surface area contributed by atoms with Gasteiger partial charge in [-0.25, -0.2) is 0 Å². The maximum atomic E-state index is 11.3. The van der Waals surface area contributed by atoms with Crippen LogP contribution < -0.4 is 4.90 Å². The second kappa shape index (κ2) is 4.49. The summed E-state index contributed by atoms with van der Waals surface area (Å²) in [6.45, 7) is 3.42. The number of rotatable bonds is 2. The molecule has 1 fully saturated rings. The number of aliphatic carboxylic acids is 1. The van der Waals surface area contributed by atoms with Crippen molar-refractivity contribution in [1.29, 1.82) is 0 Å². The van der Waals surface area contributed by atoms with Crippen LogP contribution >= 0.6 is 11.5 Å². The third-order valence-electron chi connectivity index (χ3n) is 4.04. The molecular formula is C14H16N2O2S. The van der Waals surface area contributed by atoms with Gasteiger partial charge < -0.3 is 10.0 Å². The summed E-state index contributed by atoms with van der Waals surface area (Å²) in [5, 5.41) is 11.6. The molecular weight excluding hydrogens is 260 g/mol. The van der Waals surface area contributed by atoms with E-state index in [9.17, 15) is 9.90 Å². The molecule has 5 heteroatoms. The van der Waals surface area contributed by atoms with E-state index in [1.54, 1.807) is 0 Å². The van der Waals surface area contributed by atoms with Gasteiger partial charge in [-0.1, -0.05) is 12.1 Å². The number of nitrogens with zero attached hydrogens (tertiary/aromatic N) is 2. The Kier molecular flexibility index (Phi) is 2.93. The van der Waals surface area contributed by atoms with Gasteiger partial charge in [0.1, 0.15) is 5.00 Å². The van der Waals surface area contributed by atoms with Gasteiger partial charge in [-0.05, 0) is 43.4 Å². The Balaban J connectivity index is 1.84. The van der Waals surface area contributed by atoms with Crippen LogP contribution in [0.2, 0.25) is 0 Å². The highest BCUT2D eigenvalue weighted by molar-refractivity contribution is 7.11. The molecule has 1 aliphatic heterocycles. The van der Waals surface area contributed by atoms with Gasteiger partial charge in [0.05, 0.1) is 10.9 Å². The third-order valence-corrected chi connectivity index (χ3v) is 4.97. The fraction of sp³-hybridized carbons (Fsp3) is 0.429. The minimum atomic E-state index is -0.679. The quantitative estimate of drug-likeness (QED) is 0.916. The van der Waals surface area contributed by atoms with Gasteiger partial charge in [-0.3, -0.25) is 4.79 Å². The zero-order valence-corrected chi connectivity index (χ0v) is 11.6. The van der Waals surface area contributed by atoms with Crippen LogP contribution in [0.3, 0.4) is 0 Å². The Hall–Kier alpha value is -1.62. The maximum Gasteiger partial charge on any atom is 0.309 e. The molecule has 0 unspecified atom stereocenters. The van der Waals surface area contributed by atoms with Crippen molar-refractivity contribution in [3.63, 3.8) is 0 Å². The van der Waals surface area contributed by atoms with Crippen LogP contribution in [0.4, 0.5) is 5.00 Å². The SMILES string of the molecule is CC1(C(=O)O)CCN(c2snc3ccccc23)CC1. The lowest BCUT2D eigenvalue weighted by atomic mass is 9.80. The van der Waals surface area contributed by atoms with E-state index in [4.69, 9.17) is 0 Å². The molecule has 100 valence electrons. The van der Waals surface area contributed by atoms with Crippen LogP contribution in [0, 0.1) is 5.41 Å². The highest BCUT2D eigenvalue weighted by Gasteiger charge is 2.37. The minimum Gasteiger partial charge on any atom is -0.481 e. The average Bonchev–Trinajstić information content (AvgIpc) is 2.83. The normalized spacial score (nSPS) is 18.7. The van der Waals surface area contributed by atoms with Crippen LogP contribution in [0.15, 0.2) is 24.3 Å². The predicted molar refractivity (Wildman–Crippen MR) is 76.8 cm³/mol. The smallest absolute Gasteiger partial charge is 0.309 e. The van der Waals surface area contributed by atoms with Crippen LogP contribution in [0.5, 0.6) is 0 Å². The molecule has 1 aromatic heterocycles. The van der Waals surface area contributed by atoms with E-state index < -0.39 is 11.4 Å². The van der Waals surface area contributed by atoms with Gasteiger partial charge in [0.25, 0.3) is 0 Å². The average molecular weight is 276 g/mol. The molecule has 3 rings (SSSR count).